The largest absolute Gasteiger partial charge is 0.369 e. The van der Waals surface area contributed by atoms with Gasteiger partial charge in [-0.25, -0.2) is 0 Å². The van der Waals surface area contributed by atoms with Gasteiger partial charge in [0.2, 0.25) is 11.7 Å². The second kappa shape index (κ2) is 3.77. The van der Waals surface area contributed by atoms with E-state index < -0.39 is 17.1 Å². The van der Waals surface area contributed by atoms with Crippen molar-refractivity contribution in [2.45, 2.75) is 32.1 Å². The first-order valence-corrected chi connectivity index (χ1v) is 4.60. The van der Waals surface area contributed by atoms with Crippen LogP contribution in [0.25, 0.3) is 0 Å². The number of carbonyl (C=O) groups is 3. The maximum Gasteiger partial charge on any atom is 0.284 e. The Morgan fingerprint density at radius 3 is 2.00 bits per heavy atom. The van der Waals surface area contributed by atoms with Crippen molar-refractivity contribution in [2.75, 3.05) is 0 Å². The lowest BCUT2D eigenvalue weighted by Gasteiger charge is -2.38. The zero-order valence-electron chi connectivity index (χ0n) is 7.91. The summed E-state index contributed by atoms with van der Waals surface area (Å²) in [7, 11) is 0. The normalized spacial score (nSPS) is 18.3. The monoisotopic (exact) mass is 198 g/mol. The van der Waals surface area contributed by atoms with Crippen LogP contribution in [0.3, 0.4) is 0 Å². The fraction of sp³-hybridized carbons (Fsp3) is 0.667. The van der Waals surface area contributed by atoms with Gasteiger partial charge in [0, 0.05) is 11.8 Å². The van der Waals surface area contributed by atoms with Gasteiger partial charge in [0.05, 0.1) is 0 Å². The van der Waals surface area contributed by atoms with Crippen LogP contribution in [-0.2, 0) is 14.4 Å². The number of rotatable bonds is 5. The molecular formula is C9H14N2O3. The maximum absolute atomic E-state index is 11.1. The van der Waals surface area contributed by atoms with E-state index in [4.69, 9.17) is 11.5 Å². The number of hydrogen-bond donors (Lipinski definition) is 2. The lowest BCUT2D eigenvalue weighted by molar-refractivity contribution is -0.138. The molecule has 0 aromatic carbocycles. The first-order valence-electron chi connectivity index (χ1n) is 4.60. The number of hydrogen-bond acceptors (Lipinski definition) is 3. The minimum absolute atomic E-state index is 0.0261. The van der Waals surface area contributed by atoms with E-state index in [1.54, 1.807) is 0 Å². The number of carbonyl (C=O) groups excluding carboxylic acids is 3. The van der Waals surface area contributed by atoms with Crippen molar-refractivity contribution in [1.29, 1.82) is 0 Å². The summed E-state index contributed by atoms with van der Waals surface area (Å²) >= 11 is 0. The van der Waals surface area contributed by atoms with Crippen LogP contribution in [-0.4, -0.2) is 17.6 Å². The lowest BCUT2D eigenvalue weighted by Crippen LogP contribution is -2.43. The molecule has 4 N–H and O–H groups in total. The van der Waals surface area contributed by atoms with Crippen LogP contribution in [0.4, 0.5) is 0 Å². The highest BCUT2D eigenvalue weighted by atomic mass is 16.2. The van der Waals surface area contributed by atoms with Gasteiger partial charge in [-0.2, -0.15) is 0 Å². The summed E-state index contributed by atoms with van der Waals surface area (Å²) in [6.45, 7) is 0. The average molecular weight is 198 g/mol. The van der Waals surface area contributed by atoms with Crippen LogP contribution in [0.1, 0.15) is 32.1 Å². The number of primary amides is 2. The van der Waals surface area contributed by atoms with Crippen LogP contribution in [0, 0.1) is 5.41 Å². The smallest absolute Gasteiger partial charge is 0.284 e. The third-order valence-corrected chi connectivity index (χ3v) is 2.94. The van der Waals surface area contributed by atoms with Crippen LogP contribution in [0.15, 0.2) is 0 Å². The highest BCUT2D eigenvalue weighted by molar-refractivity contribution is 6.35. The molecule has 1 rings (SSSR count). The Morgan fingerprint density at radius 2 is 1.71 bits per heavy atom. The highest BCUT2D eigenvalue weighted by Gasteiger charge is 2.42. The molecule has 0 aromatic heterocycles. The Balaban J connectivity index is 2.47. The van der Waals surface area contributed by atoms with Crippen LogP contribution in [0.2, 0.25) is 0 Å². The summed E-state index contributed by atoms with van der Waals surface area (Å²) in [6.07, 6.45) is 2.76. The number of Topliss-reactive ketones (excluding diaryl/α,β-unsaturated/α-hetero) is 1. The van der Waals surface area contributed by atoms with Crippen molar-refractivity contribution in [3.8, 4) is 0 Å². The predicted molar refractivity (Wildman–Crippen MR) is 48.9 cm³/mol. The van der Waals surface area contributed by atoms with E-state index in [0.29, 0.717) is 19.3 Å². The van der Waals surface area contributed by atoms with E-state index in [9.17, 15) is 14.4 Å². The van der Waals surface area contributed by atoms with E-state index in [1.165, 1.54) is 0 Å². The van der Waals surface area contributed by atoms with E-state index in [-0.39, 0.29) is 12.3 Å². The Bertz CT molecular complexity index is 282. The van der Waals surface area contributed by atoms with Crippen molar-refractivity contribution in [3.05, 3.63) is 0 Å². The highest BCUT2D eigenvalue weighted by Crippen LogP contribution is 2.44. The van der Waals surface area contributed by atoms with Gasteiger partial charge in [0.1, 0.15) is 0 Å². The molecule has 0 atom stereocenters. The van der Waals surface area contributed by atoms with Gasteiger partial charge in [-0.05, 0) is 19.3 Å². The molecule has 1 aliphatic rings. The third kappa shape index (κ3) is 1.92. The molecular weight excluding hydrogens is 184 g/mol. The third-order valence-electron chi connectivity index (χ3n) is 2.94. The van der Waals surface area contributed by atoms with Gasteiger partial charge in [-0.15, -0.1) is 0 Å². The SMILES string of the molecule is NC(=O)C(=O)CCC1(C(N)=O)CCC1. The summed E-state index contributed by atoms with van der Waals surface area (Å²) in [6, 6.07) is 0. The second-order valence-corrected chi connectivity index (χ2v) is 3.79. The quantitative estimate of drug-likeness (QED) is 0.580. The number of amides is 2. The molecule has 0 aromatic rings. The molecule has 0 saturated heterocycles. The summed E-state index contributed by atoms with van der Waals surface area (Å²) in [4.78, 5) is 32.5. The number of ketones is 1. The molecule has 1 fully saturated rings. The molecule has 0 unspecified atom stereocenters. The summed E-state index contributed by atoms with van der Waals surface area (Å²) in [5.41, 5.74) is 9.47. The fourth-order valence-electron chi connectivity index (χ4n) is 1.70. The zero-order valence-corrected chi connectivity index (χ0v) is 7.91. The van der Waals surface area contributed by atoms with Crippen LogP contribution in [0.5, 0.6) is 0 Å². The van der Waals surface area contributed by atoms with Gasteiger partial charge in [0.15, 0.2) is 0 Å². The van der Waals surface area contributed by atoms with Gasteiger partial charge in [-0.1, -0.05) is 6.42 Å². The summed E-state index contributed by atoms with van der Waals surface area (Å²) in [5.74, 6) is -1.94. The van der Waals surface area contributed by atoms with Gasteiger partial charge in [0.25, 0.3) is 5.91 Å². The molecule has 78 valence electrons. The maximum atomic E-state index is 11.1. The number of nitrogens with two attached hydrogens (primary N) is 2. The van der Waals surface area contributed by atoms with Gasteiger partial charge >= 0.3 is 0 Å². The van der Waals surface area contributed by atoms with E-state index >= 15 is 0 Å². The first-order chi connectivity index (χ1) is 6.48. The molecule has 0 aliphatic heterocycles. The topological polar surface area (TPSA) is 103 Å². The van der Waals surface area contributed by atoms with Crippen molar-refractivity contribution >= 4 is 17.6 Å². The predicted octanol–water partition coefficient (Wildman–Crippen LogP) is -0.523. The Morgan fingerprint density at radius 1 is 1.14 bits per heavy atom. The van der Waals surface area contributed by atoms with Crippen molar-refractivity contribution in [2.24, 2.45) is 16.9 Å². The van der Waals surface area contributed by atoms with Crippen LogP contribution < -0.4 is 11.5 Å². The lowest BCUT2D eigenvalue weighted by atomic mass is 9.65. The summed E-state index contributed by atoms with van der Waals surface area (Å²) < 4.78 is 0. The Hall–Kier alpha value is -1.39. The molecule has 0 heterocycles. The second-order valence-electron chi connectivity index (χ2n) is 3.79. The minimum atomic E-state index is -0.941. The van der Waals surface area contributed by atoms with Gasteiger partial charge < -0.3 is 11.5 Å². The molecule has 1 saturated carbocycles. The summed E-state index contributed by atoms with van der Waals surface area (Å²) in [5, 5.41) is 0. The van der Waals surface area contributed by atoms with Gasteiger partial charge in [-0.3, -0.25) is 14.4 Å². The van der Waals surface area contributed by atoms with Crippen molar-refractivity contribution in [1.82, 2.24) is 0 Å². The molecule has 5 heteroatoms. The van der Waals surface area contributed by atoms with Crippen molar-refractivity contribution < 1.29 is 14.4 Å². The molecule has 0 bridgehead atoms. The minimum Gasteiger partial charge on any atom is -0.369 e. The van der Waals surface area contributed by atoms with Crippen LogP contribution >= 0.6 is 0 Å². The van der Waals surface area contributed by atoms with E-state index in [1.807, 2.05) is 0 Å². The first kappa shape index (κ1) is 10.7. The zero-order chi connectivity index (χ0) is 10.8. The van der Waals surface area contributed by atoms with E-state index in [0.717, 1.165) is 6.42 Å². The molecule has 0 radical (unpaired) electrons. The molecule has 1 aliphatic carbocycles. The standard InChI is InChI=1S/C9H14N2O3/c10-7(13)6(12)2-5-9(8(11)14)3-1-4-9/h1-5H2,(H2,10,13)(H2,11,14). The molecule has 14 heavy (non-hydrogen) atoms. The Kier molecular flexibility index (Phi) is 2.88. The average Bonchev–Trinajstić information content (AvgIpc) is 2.00. The molecule has 5 nitrogen and oxygen atoms in total. The van der Waals surface area contributed by atoms with E-state index in [2.05, 4.69) is 0 Å². The fourth-order valence-corrected chi connectivity index (χ4v) is 1.70. The molecule has 2 amide bonds. The van der Waals surface area contributed by atoms with Crippen molar-refractivity contribution in [3.63, 3.8) is 0 Å². The Labute approximate surface area is 81.8 Å². The molecule has 0 spiro atoms.